The molecule has 1 aromatic carbocycles. The Balaban J connectivity index is 2.69. The fourth-order valence-corrected chi connectivity index (χ4v) is 2.30. The van der Waals surface area contributed by atoms with E-state index in [1.165, 1.54) is 7.11 Å². The lowest BCUT2D eigenvalue weighted by Gasteiger charge is -2.20. The average molecular weight is 306 g/mol. The van der Waals surface area contributed by atoms with E-state index < -0.39 is 23.2 Å². The summed E-state index contributed by atoms with van der Waals surface area (Å²) in [6, 6.07) is 6.38. The summed E-state index contributed by atoms with van der Waals surface area (Å²) >= 11 is 0. The second-order valence-corrected chi connectivity index (χ2v) is 5.23. The Labute approximate surface area is 119 Å². The molecule has 0 saturated carbocycles. The maximum absolute atomic E-state index is 13.1. The molecule has 0 heterocycles. The van der Waals surface area contributed by atoms with Gasteiger partial charge in [0, 0.05) is 19.4 Å². The minimum Gasteiger partial charge on any atom is -0.497 e. The Kier molecular flexibility index (Phi) is 6.19. The molecule has 0 amide bonds. The highest BCUT2D eigenvalue weighted by Gasteiger charge is 2.25. The van der Waals surface area contributed by atoms with Gasteiger partial charge in [0.05, 0.1) is 12.8 Å². The Morgan fingerprint density at radius 3 is 2.35 bits per heavy atom. The molecule has 0 aliphatic rings. The van der Waals surface area contributed by atoms with Crippen molar-refractivity contribution in [2.24, 2.45) is 0 Å². The van der Waals surface area contributed by atoms with Crippen LogP contribution in [0.4, 0.5) is 14.5 Å². The van der Waals surface area contributed by atoms with E-state index in [1.54, 1.807) is 24.3 Å². The van der Waals surface area contributed by atoms with Crippen LogP contribution in [0.25, 0.3) is 0 Å². The van der Waals surface area contributed by atoms with Crippen molar-refractivity contribution in [1.82, 2.24) is 0 Å². The van der Waals surface area contributed by atoms with E-state index in [9.17, 15) is 17.2 Å². The maximum Gasteiger partial charge on any atom is 0.248 e. The second kappa shape index (κ2) is 7.42. The van der Waals surface area contributed by atoms with Gasteiger partial charge < -0.3 is 4.74 Å². The van der Waals surface area contributed by atoms with Crippen LogP contribution in [0.15, 0.2) is 24.3 Å². The number of halogens is 2. The van der Waals surface area contributed by atoms with Crippen molar-refractivity contribution < 1.29 is 21.9 Å². The Bertz CT molecular complexity index is 481. The van der Waals surface area contributed by atoms with Crippen LogP contribution in [0.2, 0.25) is 0 Å². The quantitative estimate of drug-likeness (QED) is 0.751. The van der Waals surface area contributed by atoms with Gasteiger partial charge in [-0.3, -0.25) is 4.31 Å². The van der Waals surface area contributed by atoms with Crippen LogP contribution in [-0.4, -0.2) is 28.0 Å². The van der Waals surface area contributed by atoms with Gasteiger partial charge in [0.1, 0.15) is 5.75 Å². The smallest absolute Gasteiger partial charge is 0.248 e. The topological polar surface area (TPSA) is 46.6 Å². The van der Waals surface area contributed by atoms with Crippen molar-refractivity contribution in [3.8, 4) is 5.75 Å². The molecular weight excluding hydrogens is 288 g/mol. The summed E-state index contributed by atoms with van der Waals surface area (Å²) in [6.07, 6.45) is -0.802. The van der Waals surface area contributed by atoms with Crippen molar-refractivity contribution >= 4 is 16.6 Å². The van der Waals surface area contributed by atoms with Crippen molar-refractivity contribution in [2.75, 3.05) is 18.0 Å². The number of hydrogen-bond acceptors (Lipinski definition) is 3. The number of ether oxygens (including phenoxy) is 1. The molecule has 4 nitrogen and oxygen atoms in total. The first-order valence-electron chi connectivity index (χ1n) is 6.12. The molecule has 0 aliphatic carbocycles. The van der Waals surface area contributed by atoms with Crippen LogP contribution in [0, 0.1) is 6.92 Å². The minimum absolute atomic E-state index is 0.0145. The summed E-state index contributed by atoms with van der Waals surface area (Å²) in [5.41, 5.74) is 0.430. The molecule has 0 bridgehead atoms. The van der Waals surface area contributed by atoms with Gasteiger partial charge in [-0.05, 0) is 37.6 Å². The lowest BCUT2D eigenvalue weighted by Crippen LogP contribution is -2.24. The zero-order chi connectivity index (χ0) is 15.2. The number of methoxy groups -OCH3 is 1. The van der Waals surface area contributed by atoms with Gasteiger partial charge in [-0.25, -0.2) is 17.2 Å². The lowest BCUT2D eigenvalue weighted by atomic mass is 10.1. The normalized spacial score (nSPS) is 11.7. The van der Waals surface area contributed by atoms with Gasteiger partial charge in [0.25, 0.3) is 0 Å². The molecule has 0 N–H and O–H groups in total. The SMILES string of the molecule is [CH2]CC(F)(F)CCCN(c1ccc(OC)cc1)[SH](=O)=O. The molecule has 0 saturated heterocycles. The summed E-state index contributed by atoms with van der Waals surface area (Å²) in [5.74, 6) is -2.25. The van der Waals surface area contributed by atoms with Crippen LogP contribution in [0.5, 0.6) is 5.75 Å². The predicted octanol–water partition coefficient (Wildman–Crippen LogP) is 2.67. The first-order chi connectivity index (χ1) is 9.39. The zero-order valence-electron chi connectivity index (χ0n) is 11.2. The van der Waals surface area contributed by atoms with Gasteiger partial charge >= 0.3 is 0 Å². The highest BCUT2D eigenvalue weighted by atomic mass is 32.2. The number of hydrogen-bond donors (Lipinski definition) is 1. The maximum atomic E-state index is 13.1. The zero-order valence-corrected chi connectivity index (χ0v) is 12.1. The number of nitrogens with zero attached hydrogens (tertiary/aromatic N) is 1. The van der Waals surface area contributed by atoms with Gasteiger partial charge in [0.2, 0.25) is 16.8 Å². The van der Waals surface area contributed by atoms with E-state index in [2.05, 4.69) is 6.92 Å². The number of benzene rings is 1. The molecule has 0 unspecified atom stereocenters. The van der Waals surface area contributed by atoms with Crippen molar-refractivity contribution in [2.45, 2.75) is 25.2 Å². The van der Waals surface area contributed by atoms with Crippen molar-refractivity contribution in [3.63, 3.8) is 0 Å². The molecule has 20 heavy (non-hydrogen) atoms. The Morgan fingerprint density at radius 2 is 1.90 bits per heavy atom. The molecule has 0 spiro atoms. The van der Waals surface area contributed by atoms with E-state index in [-0.39, 0.29) is 19.4 Å². The molecule has 0 aromatic heterocycles. The molecule has 113 valence electrons. The standard InChI is InChI=1S/C13H18F2NO3S/c1-3-13(14,15)9-4-10-16(20(17)18)11-5-7-12(19-2)8-6-11/h5-8,20H,1,3-4,9-10H2,2H3. The van der Waals surface area contributed by atoms with E-state index >= 15 is 0 Å². The minimum atomic E-state index is -2.87. The third-order valence-corrected chi connectivity index (χ3v) is 3.67. The van der Waals surface area contributed by atoms with Crippen LogP contribution in [0.1, 0.15) is 19.3 Å². The summed E-state index contributed by atoms with van der Waals surface area (Å²) in [4.78, 5) is 0. The molecule has 1 rings (SSSR count). The van der Waals surface area contributed by atoms with Crippen LogP contribution in [-0.2, 0) is 10.9 Å². The molecule has 0 aliphatic heterocycles. The molecule has 1 radical (unpaired) electrons. The molecular formula is C13H18F2NO3S. The van der Waals surface area contributed by atoms with Gasteiger partial charge in [-0.15, -0.1) is 0 Å². The number of rotatable bonds is 8. The fraction of sp³-hybridized carbons (Fsp3) is 0.462. The third-order valence-electron chi connectivity index (χ3n) is 2.85. The highest BCUT2D eigenvalue weighted by Crippen LogP contribution is 2.25. The van der Waals surface area contributed by atoms with Gasteiger partial charge in [-0.2, -0.15) is 0 Å². The largest absolute Gasteiger partial charge is 0.497 e. The number of alkyl halides is 2. The Morgan fingerprint density at radius 1 is 1.30 bits per heavy atom. The monoisotopic (exact) mass is 306 g/mol. The summed E-state index contributed by atoms with van der Waals surface area (Å²) in [7, 11) is -1.37. The first-order valence-corrected chi connectivity index (χ1v) is 7.25. The van der Waals surface area contributed by atoms with E-state index in [0.717, 1.165) is 4.31 Å². The fourth-order valence-electron chi connectivity index (χ4n) is 1.67. The van der Waals surface area contributed by atoms with Crippen LogP contribution >= 0.6 is 0 Å². The first kappa shape index (κ1) is 16.7. The summed E-state index contributed by atoms with van der Waals surface area (Å²) in [5, 5.41) is 0. The van der Waals surface area contributed by atoms with Crippen molar-refractivity contribution in [3.05, 3.63) is 31.2 Å². The lowest BCUT2D eigenvalue weighted by molar-refractivity contribution is -0.00626. The third kappa shape index (κ3) is 4.96. The molecule has 0 fully saturated rings. The number of thiol groups is 1. The van der Waals surface area contributed by atoms with Gasteiger partial charge in [0.15, 0.2) is 0 Å². The second-order valence-electron chi connectivity index (χ2n) is 4.27. The average Bonchev–Trinajstić information content (AvgIpc) is 2.43. The van der Waals surface area contributed by atoms with E-state index in [0.29, 0.717) is 11.4 Å². The van der Waals surface area contributed by atoms with Crippen molar-refractivity contribution in [1.29, 1.82) is 0 Å². The Hall–Kier alpha value is -1.37. The molecule has 7 heteroatoms. The van der Waals surface area contributed by atoms with E-state index in [1.807, 2.05) is 0 Å². The number of anilines is 1. The van der Waals surface area contributed by atoms with Gasteiger partial charge in [-0.1, -0.05) is 0 Å². The summed E-state index contributed by atoms with van der Waals surface area (Å²) < 4.78 is 54.6. The van der Waals surface area contributed by atoms with Crippen LogP contribution in [0.3, 0.4) is 0 Å². The predicted molar refractivity (Wildman–Crippen MR) is 74.8 cm³/mol. The molecule has 0 atom stereocenters. The van der Waals surface area contributed by atoms with Crippen LogP contribution < -0.4 is 9.04 Å². The summed E-state index contributed by atoms with van der Waals surface area (Å²) in [6.45, 7) is 3.19. The van der Waals surface area contributed by atoms with E-state index in [4.69, 9.17) is 4.74 Å². The molecule has 1 aromatic rings. The highest BCUT2D eigenvalue weighted by molar-refractivity contribution is 7.74.